The van der Waals surface area contributed by atoms with Gasteiger partial charge in [-0.3, -0.25) is 4.99 Å². The quantitative estimate of drug-likeness (QED) is 0.218. The second kappa shape index (κ2) is 15.0. The molecule has 0 saturated carbocycles. The van der Waals surface area contributed by atoms with E-state index in [0.29, 0.717) is 6.10 Å². The lowest BCUT2D eigenvalue weighted by atomic mass is 10.0. The van der Waals surface area contributed by atoms with Crippen molar-refractivity contribution in [1.29, 1.82) is 0 Å². The maximum absolute atomic E-state index is 6.36. The van der Waals surface area contributed by atoms with Crippen molar-refractivity contribution in [3.8, 4) is 0 Å². The van der Waals surface area contributed by atoms with Crippen LogP contribution in [0.5, 0.6) is 0 Å². The van der Waals surface area contributed by atoms with Crippen LogP contribution in [0.1, 0.15) is 87.0 Å². The predicted molar refractivity (Wildman–Crippen MR) is 131 cm³/mol. The van der Waals surface area contributed by atoms with Crippen LogP contribution in [0.2, 0.25) is 0 Å². The van der Waals surface area contributed by atoms with E-state index in [1.807, 2.05) is 12.3 Å². The van der Waals surface area contributed by atoms with Crippen LogP contribution in [0.25, 0.3) is 0 Å². The van der Waals surface area contributed by atoms with Gasteiger partial charge in [-0.2, -0.15) is 0 Å². The number of ether oxygens (including phenoxy) is 1. The topological polar surface area (TPSA) is 21.6 Å². The molecule has 2 heteroatoms. The maximum atomic E-state index is 6.36. The van der Waals surface area contributed by atoms with Gasteiger partial charge >= 0.3 is 0 Å². The van der Waals surface area contributed by atoms with Gasteiger partial charge in [0.1, 0.15) is 0 Å². The van der Waals surface area contributed by atoms with E-state index < -0.39 is 0 Å². The lowest BCUT2D eigenvalue weighted by molar-refractivity contribution is 0.0269. The van der Waals surface area contributed by atoms with Crippen molar-refractivity contribution in [2.45, 2.75) is 91.3 Å². The molecule has 0 saturated heterocycles. The van der Waals surface area contributed by atoms with Crippen molar-refractivity contribution in [1.82, 2.24) is 0 Å². The molecular formula is C28H41NO. The molecule has 2 aromatic rings. The Labute approximate surface area is 184 Å². The summed E-state index contributed by atoms with van der Waals surface area (Å²) in [6.07, 6.45) is 13.7. The molecule has 0 aliphatic carbocycles. The highest BCUT2D eigenvalue weighted by Gasteiger charge is 2.10. The molecule has 0 fully saturated rings. The highest BCUT2D eigenvalue weighted by atomic mass is 16.5. The van der Waals surface area contributed by atoms with Gasteiger partial charge in [0.2, 0.25) is 0 Å². The Morgan fingerprint density at radius 2 is 1.57 bits per heavy atom. The van der Waals surface area contributed by atoms with Crippen molar-refractivity contribution in [2.75, 3.05) is 6.54 Å². The summed E-state index contributed by atoms with van der Waals surface area (Å²) < 4.78 is 6.36. The number of nitrogens with zero attached hydrogens (tertiary/aromatic N) is 1. The molecule has 164 valence electrons. The highest BCUT2D eigenvalue weighted by Crippen LogP contribution is 2.17. The molecule has 0 aliphatic rings. The zero-order valence-electron chi connectivity index (χ0n) is 19.4. The summed E-state index contributed by atoms with van der Waals surface area (Å²) in [5.41, 5.74) is 5.15. The van der Waals surface area contributed by atoms with Gasteiger partial charge in [-0.05, 0) is 55.4 Å². The smallest absolute Gasteiger partial charge is 0.0720 e. The van der Waals surface area contributed by atoms with Gasteiger partial charge in [-0.25, -0.2) is 0 Å². The number of hydrogen-bond acceptors (Lipinski definition) is 2. The van der Waals surface area contributed by atoms with E-state index in [1.54, 1.807) is 0 Å². The Morgan fingerprint density at radius 3 is 2.33 bits per heavy atom. The Hall–Kier alpha value is -1.93. The van der Waals surface area contributed by atoms with Crippen LogP contribution in [0.4, 0.5) is 0 Å². The van der Waals surface area contributed by atoms with E-state index in [9.17, 15) is 0 Å². The zero-order chi connectivity index (χ0) is 21.4. The predicted octanol–water partition coefficient (Wildman–Crippen LogP) is 7.84. The Morgan fingerprint density at radius 1 is 0.833 bits per heavy atom. The molecule has 0 radical (unpaired) electrons. The van der Waals surface area contributed by atoms with E-state index in [2.05, 4.69) is 68.2 Å². The molecular weight excluding hydrogens is 366 g/mol. The van der Waals surface area contributed by atoms with E-state index in [-0.39, 0.29) is 0 Å². The first kappa shape index (κ1) is 24.3. The third-order valence-electron chi connectivity index (χ3n) is 5.79. The first-order chi connectivity index (χ1) is 14.7. The molecule has 1 atom stereocenters. The summed E-state index contributed by atoms with van der Waals surface area (Å²) in [5, 5.41) is 0. The third kappa shape index (κ3) is 10.2. The van der Waals surface area contributed by atoms with Gasteiger partial charge in [-0.1, -0.05) is 94.0 Å². The molecule has 0 aromatic heterocycles. The number of unbranched alkanes of at least 4 members (excludes halogenated alkanes) is 5. The lowest BCUT2D eigenvalue weighted by Crippen LogP contribution is -2.14. The van der Waals surface area contributed by atoms with Crippen LogP contribution in [-0.4, -0.2) is 18.9 Å². The van der Waals surface area contributed by atoms with Gasteiger partial charge in [0.15, 0.2) is 0 Å². The summed E-state index contributed by atoms with van der Waals surface area (Å²) in [6, 6.07) is 17.0. The average molecular weight is 408 g/mol. The highest BCUT2D eigenvalue weighted by molar-refractivity contribution is 5.79. The SMILES string of the molecule is CCCCCCCCC(CCCN=Cc1ccccc1)OCc1ccc(C)c(C)c1. The zero-order valence-corrected chi connectivity index (χ0v) is 19.4. The van der Waals surface area contributed by atoms with E-state index >= 15 is 0 Å². The summed E-state index contributed by atoms with van der Waals surface area (Å²) in [7, 11) is 0. The maximum Gasteiger partial charge on any atom is 0.0720 e. The molecule has 0 amide bonds. The first-order valence-electron chi connectivity index (χ1n) is 11.9. The molecule has 2 nitrogen and oxygen atoms in total. The first-order valence-corrected chi connectivity index (χ1v) is 11.9. The molecule has 30 heavy (non-hydrogen) atoms. The van der Waals surface area contributed by atoms with Crippen molar-refractivity contribution < 1.29 is 4.74 Å². The van der Waals surface area contributed by atoms with Crippen LogP contribution in [-0.2, 0) is 11.3 Å². The molecule has 1 unspecified atom stereocenters. The summed E-state index contributed by atoms with van der Waals surface area (Å²) >= 11 is 0. The summed E-state index contributed by atoms with van der Waals surface area (Å²) in [6.45, 7) is 8.20. The van der Waals surface area contributed by atoms with Crippen LogP contribution in [0.3, 0.4) is 0 Å². The Bertz CT molecular complexity index is 723. The van der Waals surface area contributed by atoms with Crippen molar-refractivity contribution in [3.63, 3.8) is 0 Å². The molecule has 2 aromatic carbocycles. The molecule has 0 aliphatic heterocycles. The van der Waals surface area contributed by atoms with Gasteiger partial charge in [0, 0.05) is 12.8 Å². The van der Waals surface area contributed by atoms with Gasteiger partial charge in [0.25, 0.3) is 0 Å². The summed E-state index contributed by atoms with van der Waals surface area (Å²) in [4.78, 5) is 4.60. The second-order valence-electron chi connectivity index (χ2n) is 8.50. The Balaban J connectivity index is 1.76. The fourth-order valence-electron chi connectivity index (χ4n) is 3.69. The fraction of sp³-hybridized carbons (Fsp3) is 0.536. The minimum absolute atomic E-state index is 0.338. The van der Waals surface area contributed by atoms with Crippen LogP contribution < -0.4 is 0 Å². The van der Waals surface area contributed by atoms with Crippen LogP contribution >= 0.6 is 0 Å². The van der Waals surface area contributed by atoms with Gasteiger partial charge in [-0.15, -0.1) is 0 Å². The number of rotatable bonds is 15. The molecule has 0 heterocycles. The van der Waals surface area contributed by atoms with Crippen LogP contribution in [0.15, 0.2) is 53.5 Å². The minimum atomic E-state index is 0.338. The fourth-order valence-corrected chi connectivity index (χ4v) is 3.69. The van der Waals surface area contributed by atoms with E-state index in [4.69, 9.17) is 4.74 Å². The van der Waals surface area contributed by atoms with Crippen molar-refractivity contribution in [2.24, 2.45) is 4.99 Å². The average Bonchev–Trinajstić information content (AvgIpc) is 2.76. The van der Waals surface area contributed by atoms with Crippen LogP contribution in [0, 0.1) is 13.8 Å². The van der Waals surface area contributed by atoms with Gasteiger partial charge in [0.05, 0.1) is 12.7 Å². The van der Waals surface area contributed by atoms with E-state index in [1.165, 1.54) is 67.2 Å². The number of benzene rings is 2. The van der Waals surface area contributed by atoms with Gasteiger partial charge < -0.3 is 4.74 Å². The minimum Gasteiger partial charge on any atom is -0.374 e. The molecule has 0 spiro atoms. The van der Waals surface area contributed by atoms with Crippen molar-refractivity contribution in [3.05, 3.63) is 70.8 Å². The molecule has 0 N–H and O–H groups in total. The molecule has 0 bridgehead atoms. The van der Waals surface area contributed by atoms with Crippen molar-refractivity contribution >= 4 is 6.21 Å². The lowest BCUT2D eigenvalue weighted by Gasteiger charge is -2.18. The number of aryl methyl sites for hydroxylation is 2. The third-order valence-corrected chi connectivity index (χ3v) is 5.79. The summed E-state index contributed by atoms with van der Waals surface area (Å²) in [5.74, 6) is 0. The monoisotopic (exact) mass is 407 g/mol. The second-order valence-corrected chi connectivity index (χ2v) is 8.50. The Kier molecular flexibility index (Phi) is 12.1. The number of hydrogen-bond donors (Lipinski definition) is 0. The standard InChI is InChI=1S/C28H41NO/c1-4-5-6-7-8-12-16-28(30-23-27-19-18-24(2)25(3)21-27)17-13-20-29-22-26-14-10-9-11-15-26/h9-11,14-15,18-19,21-22,28H,4-8,12-13,16-17,20,23H2,1-3H3. The largest absolute Gasteiger partial charge is 0.374 e. The van der Waals surface area contributed by atoms with E-state index in [0.717, 1.165) is 26.0 Å². The molecule has 2 rings (SSSR count). The normalized spacial score (nSPS) is 12.5. The number of aliphatic imine (C=N–C) groups is 1.